The van der Waals surface area contributed by atoms with E-state index in [0.717, 1.165) is 12.0 Å². The molecule has 4 N–H and O–H groups in total. The van der Waals surface area contributed by atoms with Crippen molar-refractivity contribution in [1.82, 2.24) is 16.2 Å². The van der Waals surface area contributed by atoms with Crippen LogP contribution in [-0.2, 0) is 0 Å². The Morgan fingerprint density at radius 3 is 2.14 bits per heavy atom. The Kier molecular flexibility index (Phi) is 8.91. The Morgan fingerprint density at radius 1 is 0.800 bits per heavy atom. The number of anilines is 1. The van der Waals surface area contributed by atoms with Crippen LogP contribution in [0.3, 0.4) is 0 Å². The van der Waals surface area contributed by atoms with E-state index in [9.17, 15) is 14.4 Å². The van der Waals surface area contributed by atoms with Gasteiger partial charge >= 0.3 is 0 Å². The van der Waals surface area contributed by atoms with Gasteiger partial charge in [0.25, 0.3) is 17.7 Å². The molecule has 0 unspecified atom stereocenters. The van der Waals surface area contributed by atoms with Crippen LogP contribution in [-0.4, -0.2) is 29.4 Å². The highest BCUT2D eigenvalue weighted by molar-refractivity contribution is 7.80. The van der Waals surface area contributed by atoms with Gasteiger partial charge in [0, 0.05) is 16.8 Å². The molecule has 0 radical (unpaired) electrons. The van der Waals surface area contributed by atoms with Crippen molar-refractivity contribution in [2.75, 3.05) is 11.9 Å². The molecule has 0 heterocycles. The normalized spacial score (nSPS) is 10.1. The molecule has 3 aromatic rings. The number of nitrogens with one attached hydrogen (secondary N) is 4. The van der Waals surface area contributed by atoms with E-state index in [1.807, 2.05) is 26.0 Å². The third-order valence-corrected chi connectivity index (χ3v) is 5.11. The molecule has 0 aliphatic carbocycles. The minimum Gasteiger partial charge on any atom is -0.493 e. The molecule has 8 nitrogen and oxygen atoms in total. The fourth-order valence-electron chi connectivity index (χ4n) is 3.11. The van der Waals surface area contributed by atoms with Gasteiger partial charge in [0.15, 0.2) is 5.11 Å². The second-order valence-electron chi connectivity index (χ2n) is 7.55. The van der Waals surface area contributed by atoms with Crippen LogP contribution in [0, 0.1) is 6.92 Å². The molecule has 180 valence electrons. The molecule has 0 aliphatic rings. The van der Waals surface area contributed by atoms with Gasteiger partial charge in [0.05, 0.1) is 12.2 Å². The molecule has 0 atom stereocenters. The number of ether oxygens (including phenoxy) is 1. The van der Waals surface area contributed by atoms with Crippen molar-refractivity contribution in [1.29, 1.82) is 0 Å². The molecule has 0 saturated carbocycles. The first-order valence-corrected chi connectivity index (χ1v) is 11.4. The SMILES string of the molecule is CCCOc1ccccc1C(=O)NC(=S)NNC(=O)c1ccc(NC(=O)c2ccccc2C)cc1. The number of rotatable bonds is 7. The summed E-state index contributed by atoms with van der Waals surface area (Å²) in [6.45, 7) is 4.32. The zero-order valence-electron chi connectivity index (χ0n) is 19.4. The monoisotopic (exact) mass is 490 g/mol. The molecule has 0 spiro atoms. The number of hydrazine groups is 1. The summed E-state index contributed by atoms with van der Waals surface area (Å²) >= 11 is 5.11. The lowest BCUT2D eigenvalue weighted by molar-refractivity contribution is 0.0933. The Hall–Kier alpha value is -4.24. The first kappa shape index (κ1) is 25.4. The van der Waals surface area contributed by atoms with E-state index < -0.39 is 11.8 Å². The molecule has 0 fully saturated rings. The minimum atomic E-state index is -0.468. The standard InChI is InChI=1S/C26H26N4O4S/c1-3-16-34-22-11-7-6-10-21(22)25(33)28-26(35)30-29-23(31)18-12-14-19(15-13-18)27-24(32)20-9-5-4-8-17(20)2/h4-15H,3,16H2,1-2H3,(H,27,32)(H,29,31)(H2,28,30,33,35). The van der Waals surface area contributed by atoms with E-state index in [2.05, 4.69) is 21.5 Å². The van der Waals surface area contributed by atoms with Crippen molar-refractivity contribution >= 4 is 40.7 Å². The molecule has 0 saturated heterocycles. The summed E-state index contributed by atoms with van der Waals surface area (Å²) < 4.78 is 5.59. The second-order valence-corrected chi connectivity index (χ2v) is 7.96. The molecule has 3 rings (SSSR count). The van der Waals surface area contributed by atoms with Crippen LogP contribution < -0.4 is 26.2 Å². The van der Waals surface area contributed by atoms with Gasteiger partial charge in [0.2, 0.25) is 0 Å². The molecule has 3 amide bonds. The average molecular weight is 491 g/mol. The van der Waals surface area contributed by atoms with Gasteiger partial charge in [0.1, 0.15) is 5.75 Å². The van der Waals surface area contributed by atoms with Crippen LogP contribution >= 0.6 is 12.2 Å². The van der Waals surface area contributed by atoms with Crippen molar-refractivity contribution in [3.05, 3.63) is 95.1 Å². The molecule has 0 aromatic heterocycles. The summed E-state index contributed by atoms with van der Waals surface area (Å²) in [5.74, 6) is -0.708. The van der Waals surface area contributed by atoms with Crippen LogP contribution in [0.5, 0.6) is 5.75 Å². The maximum Gasteiger partial charge on any atom is 0.269 e. The Morgan fingerprint density at radius 2 is 1.46 bits per heavy atom. The molecular weight excluding hydrogens is 464 g/mol. The van der Waals surface area contributed by atoms with Crippen LogP contribution in [0.2, 0.25) is 0 Å². The molecule has 9 heteroatoms. The fraction of sp³-hybridized carbons (Fsp3) is 0.154. The number of thiocarbonyl (C=S) groups is 1. The maximum absolute atomic E-state index is 12.5. The molecule has 0 bridgehead atoms. The van der Waals surface area contributed by atoms with Gasteiger partial charge < -0.3 is 10.1 Å². The number of amides is 3. The van der Waals surface area contributed by atoms with E-state index in [4.69, 9.17) is 17.0 Å². The summed E-state index contributed by atoms with van der Waals surface area (Å²) in [5, 5.41) is 5.24. The fourth-order valence-corrected chi connectivity index (χ4v) is 3.25. The van der Waals surface area contributed by atoms with Crippen LogP contribution in [0.25, 0.3) is 0 Å². The van der Waals surface area contributed by atoms with Gasteiger partial charge in [-0.25, -0.2) is 0 Å². The lowest BCUT2D eigenvalue weighted by atomic mass is 10.1. The summed E-state index contributed by atoms with van der Waals surface area (Å²) in [7, 11) is 0. The Bertz CT molecular complexity index is 1230. The molecule has 0 aliphatic heterocycles. The van der Waals surface area contributed by atoms with E-state index in [0.29, 0.717) is 34.7 Å². The highest BCUT2D eigenvalue weighted by Crippen LogP contribution is 2.18. The number of benzene rings is 3. The van der Waals surface area contributed by atoms with Gasteiger partial charge in [-0.3, -0.25) is 30.6 Å². The van der Waals surface area contributed by atoms with Crippen molar-refractivity contribution in [3.8, 4) is 5.75 Å². The maximum atomic E-state index is 12.5. The van der Waals surface area contributed by atoms with Crippen LogP contribution in [0.1, 0.15) is 50.0 Å². The predicted octanol–water partition coefficient (Wildman–Crippen LogP) is 3.99. The number of aryl methyl sites for hydroxylation is 1. The van der Waals surface area contributed by atoms with Gasteiger partial charge in [-0.1, -0.05) is 37.3 Å². The molecular formula is C26H26N4O4S. The quantitative estimate of drug-likeness (QED) is 0.295. The zero-order valence-corrected chi connectivity index (χ0v) is 20.2. The van der Waals surface area contributed by atoms with Crippen molar-refractivity contribution in [3.63, 3.8) is 0 Å². The first-order chi connectivity index (χ1) is 16.9. The summed E-state index contributed by atoms with van der Waals surface area (Å²) in [6, 6.07) is 20.5. The van der Waals surface area contributed by atoms with Gasteiger partial charge in [-0.2, -0.15) is 0 Å². The Labute approximate surface area is 209 Å². The number of hydrogen-bond acceptors (Lipinski definition) is 5. The average Bonchev–Trinajstić information content (AvgIpc) is 2.86. The number of para-hydroxylation sites is 1. The third kappa shape index (κ3) is 7.12. The molecule has 3 aromatic carbocycles. The molecule has 35 heavy (non-hydrogen) atoms. The smallest absolute Gasteiger partial charge is 0.269 e. The van der Waals surface area contributed by atoms with E-state index in [-0.39, 0.29) is 11.0 Å². The topological polar surface area (TPSA) is 109 Å². The van der Waals surface area contributed by atoms with Gasteiger partial charge in [-0.05, 0) is 73.6 Å². The minimum absolute atomic E-state index is 0.0734. The summed E-state index contributed by atoms with van der Waals surface area (Å²) in [5.41, 5.74) is 7.60. The van der Waals surface area contributed by atoms with Crippen LogP contribution in [0.4, 0.5) is 5.69 Å². The van der Waals surface area contributed by atoms with Crippen molar-refractivity contribution in [2.45, 2.75) is 20.3 Å². The third-order valence-electron chi connectivity index (χ3n) is 4.90. The number of carbonyl (C=O) groups is 3. The Balaban J connectivity index is 1.51. The van der Waals surface area contributed by atoms with E-state index in [1.165, 1.54) is 0 Å². The second kappa shape index (κ2) is 12.3. The summed E-state index contributed by atoms with van der Waals surface area (Å²) in [4.78, 5) is 37.4. The van der Waals surface area contributed by atoms with Gasteiger partial charge in [-0.15, -0.1) is 0 Å². The lowest BCUT2D eigenvalue weighted by Crippen LogP contribution is -2.48. The largest absolute Gasteiger partial charge is 0.493 e. The van der Waals surface area contributed by atoms with Crippen LogP contribution in [0.15, 0.2) is 72.8 Å². The highest BCUT2D eigenvalue weighted by atomic mass is 32.1. The highest BCUT2D eigenvalue weighted by Gasteiger charge is 2.14. The van der Waals surface area contributed by atoms with E-state index in [1.54, 1.807) is 60.7 Å². The first-order valence-electron chi connectivity index (χ1n) is 11.0. The van der Waals surface area contributed by atoms with Crippen molar-refractivity contribution in [2.24, 2.45) is 0 Å². The zero-order chi connectivity index (χ0) is 25.2. The lowest BCUT2D eigenvalue weighted by Gasteiger charge is -2.13. The number of hydrogen-bond donors (Lipinski definition) is 4. The number of carbonyl (C=O) groups excluding carboxylic acids is 3. The van der Waals surface area contributed by atoms with Crippen molar-refractivity contribution < 1.29 is 19.1 Å². The van der Waals surface area contributed by atoms with E-state index >= 15 is 0 Å². The summed E-state index contributed by atoms with van der Waals surface area (Å²) in [6.07, 6.45) is 0.808. The predicted molar refractivity (Wildman–Crippen MR) is 138 cm³/mol.